The third-order valence-corrected chi connectivity index (χ3v) is 2.88. The standard InChI is InChI=1S/C10H14N4OS/c1-7(4-5-8-3-2-6-15-8)12-10-13-9(11)14-16-10/h2-3,6-7H,4-5H2,1H3,(H3,11,12,13,14). The molecule has 0 aliphatic carbocycles. The van der Waals surface area contributed by atoms with Gasteiger partial charge in [0.2, 0.25) is 11.1 Å². The van der Waals surface area contributed by atoms with E-state index in [4.69, 9.17) is 10.2 Å². The number of hydrogen-bond acceptors (Lipinski definition) is 6. The number of nitrogens with two attached hydrogens (primary N) is 1. The lowest BCUT2D eigenvalue weighted by Gasteiger charge is -2.10. The van der Waals surface area contributed by atoms with Gasteiger partial charge < -0.3 is 15.5 Å². The van der Waals surface area contributed by atoms with Crippen molar-refractivity contribution < 1.29 is 4.42 Å². The molecule has 1 atom stereocenters. The molecule has 0 aliphatic heterocycles. The van der Waals surface area contributed by atoms with Crippen LogP contribution in [0.4, 0.5) is 11.1 Å². The van der Waals surface area contributed by atoms with Gasteiger partial charge in [-0.1, -0.05) is 0 Å². The van der Waals surface area contributed by atoms with Gasteiger partial charge in [0.15, 0.2) is 0 Å². The van der Waals surface area contributed by atoms with Crippen LogP contribution in [0.3, 0.4) is 0 Å². The number of furan rings is 1. The Hall–Kier alpha value is -1.56. The van der Waals surface area contributed by atoms with Gasteiger partial charge >= 0.3 is 0 Å². The highest BCUT2D eigenvalue weighted by Gasteiger charge is 2.07. The lowest BCUT2D eigenvalue weighted by Crippen LogP contribution is -2.15. The maximum atomic E-state index is 5.44. The summed E-state index contributed by atoms with van der Waals surface area (Å²) in [7, 11) is 0. The van der Waals surface area contributed by atoms with Crippen molar-refractivity contribution in [2.75, 3.05) is 11.1 Å². The van der Waals surface area contributed by atoms with E-state index in [1.807, 2.05) is 12.1 Å². The second-order valence-corrected chi connectivity index (χ2v) is 4.37. The lowest BCUT2D eigenvalue weighted by molar-refractivity contribution is 0.495. The van der Waals surface area contributed by atoms with Crippen molar-refractivity contribution >= 4 is 22.6 Å². The van der Waals surface area contributed by atoms with Crippen LogP contribution >= 0.6 is 11.5 Å². The van der Waals surface area contributed by atoms with Crippen molar-refractivity contribution in [1.82, 2.24) is 9.36 Å². The van der Waals surface area contributed by atoms with Gasteiger partial charge in [0.1, 0.15) is 5.76 Å². The van der Waals surface area contributed by atoms with E-state index in [2.05, 4.69) is 21.6 Å². The molecule has 0 aromatic carbocycles. The van der Waals surface area contributed by atoms with Crippen LogP contribution in [-0.4, -0.2) is 15.4 Å². The van der Waals surface area contributed by atoms with Crippen LogP contribution in [0, 0.1) is 0 Å². The summed E-state index contributed by atoms with van der Waals surface area (Å²) < 4.78 is 9.17. The van der Waals surface area contributed by atoms with Crippen molar-refractivity contribution in [2.24, 2.45) is 0 Å². The van der Waals surface area contributed by atoms with Crippen LogP contribution in [0.5, 0.6) is 0 Å². The molecule has 16 heavy (non-hydrogen) atoms. The van der Waals surface area contributed by atoms with Crippen LogP contribution in [-0.2, 0) is 6.42 Å². The van der Waals surface area contributed by atoms with Gasteiger partial charge in [-0.15, -0.1) is 0 Å². The summed E-state index contributed by atoms with van der Waals surface area (Å²) in [5.41, 5.74) is 5.44. The maximum absolute atomic E-state index is 5.44. The Balaban J connectivity index is 1.78. The van der Waals surface area contributed by atoms with Gasteiger partial charge in [-0.2, -0.15) is 9.36 Å². The first kappa shape index (κ1) is 10.9. The topological polar surface area (TPSA) is 77.0 Å². The summed E-state index contributed by atoms with van der Waals surface area (Å²) >= 11 is 1.28. The van der Waals surface area contributed by atoms with E-state index in [9.17, 15) is 0 Å². The van der Waals surface area contributed by atoms with Gasteiger partial charge in [0.05, 0.1) is 6.26 Å². The normalized spacial score (nSPS) is 12.6. The Morgan fingerprint density at radius 1 is 1.62 bits per heavy atom. The van der Waals surface area contributed by atoms with Crippen molar-refractivity contribution in [1.29, 1.82) is 0 Å². The zero-order valence-electron chi connectivity index (χ0n) is 9.01. The smallest absolute Gasteiger partial charge is 0.233 e. The molecule has 2 aromatic rings. The van der Waals surface area contributed by atoms with Gasteiger partial charge in [-0.05, 0) is 25.5 Å². The average molecular weight is 238 g/mol. The molecule has 0 saturated heterocycles. The van der Waals surface area contributed by atoms with E-state index < -0.39 is 0 Å². The average Bonchev–Trinajstić information content (AvgIpc) is 2.87. The fourth-order valence-electron chi connectivity index (χ4n) is 1.39. The second kappa shape index (κ2) is 4.98. The molecule has 6 heteroatoms. The van der Waals surface area contributed by atoms with Gasteiger partial charge in [-0.25, -0.2) is 0 Å². The molecule has 0 radical (unpaired) electrons. The van der Waals surface area contributed by atoms with Crippen LogP contribution in [0.15, 0.2) is 22.8 Å². The number of hydrogen-bond donors (Lipinski definition) is 2. The van der Waals surface area contributed by atoms with E-state index >= 15 is 0 Å². The third kappa shape index (κ3) is 2.96. The van der Waals surface area contributed by atoms with E-state index in [0.29, 0.717) is 12.0 Å². The van der Waals surface area contributed by atoms with Crippen LogP contribution < -0.4 is 11.1 Å². The Labute approximate surface area is 97.9 Å². The van der Waals surface area contributed by atoms with Gasteiger partial charge in [-0.3, -0.25) is 0 Å². The Morgan fingerprint density at radius 2 is 2.50 bits per heavy atom. The molecular formula is C10H14N4OS. The molecule has 2 aromatic heterocycles. The predicted molar refractivity (Wildman–Crippen MR) is 64.4 cm³/mol. The minimum atomic E-state index is 0.317. The fraction of sp³-hybridized carbons (Fsp3) is 0.400. The summed E-state index contributed by atoms with van der Waals surface area (Å²) in [5, 5.41) is 4.02. The Bertz CT molecular complexity index is 426. The summed E-state index contributed by atoms with van der Waals surface area (Å²) in [5.74, 6) is 1.33. The molecule has 0 spiro atoms. The molecule has 0 saturated carbocycles. The van der Waals surface area contributed by atoms with E-state index in [1.54, 1.807) is 6.26 Å². The number of aryl methyl sites for hydroxylation is 1. The van der Waals surface area contributed by atoms with Gasteiger partial charge in [0, 0.05) is 24.0 Å². The third-order valence-electron chi connectivity index (χ3n) is 2.22. The summed E-state index contributed by atoms with van der Waals surface area (Å²) in [6, 6.07) is 4.20. The molecule has 2 rings (SSSR count). The highest BCUT2D eigenvalue weighted by molar-refractivity contribution is 7.09. The van der Waals surface area contributed by atoms with Crippen LogP contribution in [0.1, 0.15) is 19.1 Å². The minimum Gasteiger partial charge on any atom is -0.469 e. The van der Waals surface area contributed by atoms with Crippen molar-refractivity contribution in [3.8, 4) is 0 Å². The monoisotopic (exact) mass is 238 g/mol. The molecule has 1 unspecified atom stereocenters. The number of rotatable bonds is 5. The summed E-state index contributed by atoms with van der Waals surface area (Å²) in [6.07, 6.45) is 3.58. The fourth-order valence-corrected chi connectivity index (χ4v) is 2.00. The quantitative estimate of drug-likeness (QED) is 0.834. The molecule has 0 bridgehead atoms. The van der Waals surface area contributed by atoms with E-state index in [0.717, 1.165) is 23.7 Å². The van der Waals surface area contributed by atoms with E-state index in [1.165, 1.54) is 11.5 Å². The van der Waals surface area contributed by atoms with Crippen LogP contribution in [0.25, 0.3) is 0 Å². The highest BCUT2D eigenvalue weighted by atomic mass is 32.1. The summed E-state index contributed by atoms with van der Waals surface area (Å²) in [6.45, 7) is 2.10. The number of nitrogens with one attached hydrogen (secondary N) is 1. The molecule has 5 nitrogen and oxygen atoms in total. The molecule has 0 aliphatic rings. The van der Waals surface area contributed by atoms with Crippen molar-refractivity contribution in [3.05, 3.63) is 24.2 Å². The molecule has 86 valence electrons. The zero-order valence-corrected chi connectivity index (χ0v) is 9.83. The van der Waals surface area contributed by atoms with Crippen molar-refractivity contribution in [3.63, 3.8) is 0 Å². The maximum Gasteiger partial charge on any atom is 0.233 e. The first-order chi connectivity index (χ1) is 7.74. The lowest BCUT2D eigenvalue weighted by atomic mass is 10.1. The number of anilines is 2. The molecule has 3 N–H and O–H groups in total. The largest absolute Gasteiger partial charge is 0.469 e. The number of aromatic nitrogens is 2. The van der Waals surface area contributed by atoms with Gasteiger partial charge in [0.25, 0.3) is 0 Å². The van der Waals surface area contributed by atoms with E-state index in [-0.39, 0.29) is 0 Å². The first-order valence-corrected chi connectivity index (χ1v) is 5.89. The van der Waals surface area contributed by atoms with Crippen LogP contribution in [0.2, 0.25) is 0 Å². The molecule has 0 amide bonds. The first-order valence-electron chi connectivity index (χ1n) is 5.12. The number of nitrogen functional groups attached to an aromatic ring is 1. The molecule has 0 fully saturated rings. The molecule has 2 heterocycles. The molecular weight excluding hydrogens is 224 g/mol. The number of nitrogens with zero attached hydrogens (tertiary/aromatic N) is 2. The Kier molecular flexibility index (Phi) is 3.40. The van der Waals surface area contributed by atoms with Crippen molar-refractivity contribution in [2.45, 2.75) is 25.8 Å². The highest BCUT2D eigenvalue weighted by Crippen LogP contribution is 2.15. The Morgan fingerprint density at radius 3 is 3.12 bits per heavy atom. The summed E-state index contributed by atoms with van der Waals surface area (Å²) in [4.78, 5) is 4.05. The predicted octanol–water partition coefficient (Wildman–Crippen LogP) is 2.15. The zero-order chi connectivity index (χ0) is 11.4. The minimum absolute atomic E-state index is 0.317. The SMILES string of the molecule is CC(CCc1ccco1)Nc1nc(N)ns1. The second-order valence-electron chi connectivity index (χ2n) is 3.62.